The van der Waals surface area contributed by atoms with Crippen molar-refractivity contribution in [1.29, 1.82) is 0 Å². The molecule has 136 valence electrons. The van der Waals surface area contributed by atoms with Crippen LogP contribution in [-0.2, 0) is 4.79 Å². The molecule has 0 saturated carbocycles. The molecular formula is C19H31ClN2OS. The van der Waals surface area contributed by atoms with Crippen LogP contribution in [0.3, 0.4) is 0 Å². The molecule has 1 fully saturated rings. The third-order valence-electron chi connectivity index (χ3n) is 4.68. The number of hydrogen-bond donors (Lipinski definition) is 1. The first kappa shape index (κ1) is 21.3. The van der Waals surface area contributed by atoms with Gasteiger partial charge in [-0.2, -0.15) is 0 Å². The van der Waals surface area contributed by atoms with Crippen LogP contribution < -0.4 is 5.32 Å². The van der Waals surface area contributed by atoms with Crippen LogP contribution in [0.1, 0.15) is 44.6 Å². The van der Waals surface area contributed by atoms with Crippen LogP contribution in [0.15, 0.2) is 29.2 Å². The fraction of sp³-hybridized carbons (Fsp3) is 0.632. The lowest BCUT2D eigenvalue weighted by atomic mass is 9.93. The van der Waals surface area contributed by atoms with E-state index in [1.165, 1.54) is 16.9 Å². The summed E-state index contributed by atoms with van der Waals surface area (Å²) < 4.78 is 0. The molecule has 0 radical (unpaired) electrons. The first-order valence-electron chi connectivity index (χ1n) is 8.75. The largest absolute Gasteiger partial charge is 0.342 e. The molecule has 1 saturated heterocycles. The van der Waals surface area contributed by atoms with Crippen molar-refractivity contribution >= 4 is 30.1 Å². The van der Waals surface area contributed by atoms with Crippen molar-refractivity contribution in [2.45, 2.75) is 43.9 Å². The molecule has 1 aromatic rings. The second-order valence-electron chi connectivity index (χ2n) is 6.73. The summed E-state index contributed by atoms with van der Waals surface area (Å²) in [4.78, 5) is 15.6. The summed E-state index contributed by atoms with van der Waals surface area (Å²) in [5.41, 5.74) is 1.35. The molecule has 0 bridgehead atoms. The SMILES string of the molecule is CNCCC1CCN(C(=O)CSc2ccc(C(C)C)cc2)CC1.Cl. The number of halogens is 1. The molecule has 1 aromatic carbocycles. The normalized spacial score (nSPS) is 15.4. The van der Waals surface area contributed by atoms with Crippen LogP contribution in [0.5, 0.6) is 0 Å². The second-order valence-corrected chi connectivity index (χ2v) is 7.78. The maximum atomic E-state index is 12.4. The highest BCUT2D eigenvalue weighted by Gasteiger charge is 2.22. The molecule has 0 aliphatic carbocycles. The van der Waals surface area contributed by atoms with E-state index in [0.29, 0.717) is 11.7 Å². The molecule has 1 heterocycles. The summed E-state index contributed by atoms with van der Waals surface area (Å²) in [7, 11) is 2.00. The van der Waals surface area contributed by atoms with Gasteiger partial charge in [-0.25, -0.2) is 0 Å². The van der Waals surface area contributed by atoms with E-state index in [9.17, 15) is 4.79 Å². The lowest BCUT2D eigenvalue weighted by molar-refractivity contribution is -0.129. The van der Waals surface area contributed by atoms with Crippen molar-refractivity contribution in [2.24, 2.45) is 5.92 Å². The van der Waals surface area contributed by atoms with Gasteiger partial charge in [0.25, 0.3) is 0 Å². The highest BCUT2D eigenvalue weighted by molar-refractivity contribution is 8.00. The Hall–Kier alpha value is -0.710. The van der Waals surface area contributed by atoms with Crippen molar-refractivity contribution in [3.8, 4) is 0 Å². The molecule has 1 amide bonds. The number of nitrogens with zero attached hydrogens (tertiary/aromatic N) is 1. The Morgan fingerprint density at radius 3 is 2.42 bits per heavy atom. The van der Waals surface area contributed by atoms with Crippen molar-refractivity contribution in [3.05, 3.63) is 29.8 Å². The minimum atomic E-state index is 0. The van der Waals surface area contributed by atoms with Crippen LogP contribution in [0.4, 0.5) is 0 Å². The van der Waals surface area contributed by atoms with Gasteiger partial charge in [-0.3, -0.25) is 4.79 Å². The van der Waals surface area contributed by atoms with Gasteiger partial charge in [-0.15, -0.1) is 24.2 Å². The van der Waals surface area contributed by atoms with Crippen LogP contribution in [-0.4, -0.2) is 43.2 Å². The van der Waals surface area contributed by atoms with Crippen molar-refractivity contribution < 1.29 is 4.79 Å². The highest BCUT2D eigenvalue weighted by Crippen LogP contribution is 2.24. The van der Waals surface area contributed by atoms with Crippen LogP contribution >= 0.6 is 24.2 Å². The number of amides is 1. The first-order chi connectivity index (χ1) is 11.1. The van der Waals surface area contributed by atoms with Crippen molar-refractivity contribution in [1.82, 2.24) is 10.2 Å². The summed E-state index contributed by atoms with van der Waals surface area (Å²) in [6.07, 6.45) is 3.54. The van der Waals surface area contributed by atoms with Gasteiger partial charge in [-0.1, -0.05) is 26.0 Å². The molecule has 2 rings (SSSR count). The summed E-state index contributed by atoms with van der Waals surface area (Å²) >= 11 is 1.66. The summed E-state index contributed by atoms with van der Waals surface area (Å²) in [5.74, 6) is 2.18. The van der Waals surface area contributed by atoms with Gasteiger partial charge in [0.05, 0.1) is 5.75 Å². The van der Waals surface area contributed by atoms with E-state index < -0.39 is 0 Å². The Morgan fingerprint density at radius 2 is 1.88 bits per heavy atom. The topological polar surface area (TPSA) is 32.3 Å². The molecule has 0 spiro atoms. The molecule has 24 heavy (non-hydrogen) atoms. The van der Waals surface area contributed by atoms with Gasteiger partial charge in [0, 0.05) is 18.0 Å². The number of benzene rings is 1. The van der Waals surface area contributed by atoms with Crippen LogP contribution in [0.25, 0.3) is 0 Å². The number of hydrogen-bond acceptors (Lipinski definition) is 3. The van der Waals surface area contributed by atoms with Crippen molar-refractivity contribution in [3.63, 3.8) is 0 Å². The molecule has 3 nitrogen and oxygen atoms in total. The Kier molecular flexibility index (Phi) is 9.79. The molecule has 0 atom stereocenters. The standard InChI is InChI=1S/C19H30N2OS.ClH/c1-15(2)17-4-6-18(7-5-17)23-14-19(22)21-12-9-16(10-13-21)8-11-20-3;/h4-7,15-16,20H,8-14H2,1-3H3;1H. The Morgan fingerprint density at radius 1 is 1.25 bits per heavy atom. The second kappa shape index (κ2) is 11.0. The van der Waals surface area contributed by atoms with Crippen LogP contribution in [0.2, 0.25) is 0 Å². The number of nitrogens with one attached hydrogen (secondary N) is 1. The zero-order valence-corrected chi connectivity index (χ0v) is 16.7. The smallest absolute Gasteiger partial charge is 0.232 e. The lowest BCUT2D eigenvalue weighted by Crippen LogP contribution is -2.39. The lowest BCUT2D eigenvalue weighted by Gasteiger charge is -2.32. The Bertz CT molecular complexity index is 485. The molecule has 1 N–H and O–H groups in total. The monoisotopic (exact) mass is 370 g/mol. The quantitative estimate of drug-likeness (QED) is 0.731. The van der Waals surface area contributed by atoms with E-state index in [1.54, 1.807) is 11.8 Å². The Balaban J connectivity index is 0.00000288. The predicted octanol–water partition coefficient (Wildman–Crippen LogP) is 4.17. The zero-order chi connectivity index (χ0) is 16.7. The summed E-state index contributed by atoms with van der Waals surface area (Å²) in [6.45, 7) is 7.35. The van der Waals surface area contributed by atoms with E-state index in [4.69, 9.17) is 0 Å². The number of likely N-dealkylation sites (tertiary alicyclic amines) is 1. The Labute approximate surface area is 157 Å². The fourth-order valence-corrected chi connectivity index (χ4v) is 3.81. The molecule has 0 aromatic heterocycles. The van der Waals surface area contributed by atoms with Gasteiger partial charge in [0.1, 0.15) is 0 Å². The first-order valence-corrected chi connectivity index (χ1v) is 9.74. The number of thioether (sulfide) groups is 1. The maximum Gasteiger partial charge on any atom is 0.232 e. The predicted molar refractivity (Wildman–Crippen MR) is 106 cm³/mol. The number of rotatable bonds is 7. The van der Waals surface area contributed by atoms with E-state index in [2.05, 4.69) is 43.4 Å². The van der Waals surface area contributed by atoms with E-state index in [1.807, 2.05) is 11.9 Å². The fourth-order valence-electron chi connectivity index (χ4n) is 3.00. The van der Waals surface area contributed by atoms with E-state index >= 15 is 0 Å². The molecule has 1 aliphatic rings. The molecular weight excluding hydrogens is 340 g/mol. The zero-order valence-electron chi connectivity index (χ0n) is 15.1. The van der Waals surface area contributed by atoms with Crippen molar-refractivity contribution in [2.75, 3.05) is 32.4 Å². The minimum Gasteiger partial charge on any atom is -0.342 e. The third kappa shape index (κ3) is 6.66. The van der Waals surface area contributed by atoms with Gasteiger partial charge in [-0.05, 0) is 62.4 Å². The molecule has 1 aliphatic heterocycles. The average molecular weight is 371 g/mol. The average Bonchev–Trinajstić information content (AvgIpc) is 2.58. The third-order valence-corrected chi connectivity index (χ3v) is 5.68. The summed E-state index contributed by atoms with van der Waals surface area (Å²) in [6, 6.07) is 8.62. The van der Waals surface area contributed by atoms with Gasteiger partial charge < -0.3 is 10.2 Å². The molecule has 0 unspecified atom stereocenters. The minimum absolute atomic E-state index is 0. The van der Waals surface area contributed by atoms with Gasteiger partial charge in [0.15, 0.2) is 0 Å². The highest BCUT2D eigenvalue weighted by atomic mass is 35.5. The van der Waals surface area contributed by atoms with E-state index in [-0.39, 0.29) is 18.3 Å². The van der Waals surface area contributed by atoms with E-state index in [0.717, 1.165) is 38.4 Å². The number of carbonyl (C=O) groups is 1. The number of carbonyl (C=O) groups excluding carboxylic acids is 1. The van der Waals surface area contributed by atoms with Crippen LogP contribution in [0, 0.1) is 5.92 Å². The van der Waals surface area contributed by atoms with Gasteiger partial charge in [0.2, 0.25) is 5.91 Å². The summed E-state index contributed by atoms with van der Waals surface area (Å²) in [5, 5.41) is 3.21. The number of piperidine rings is 1. The maximum absolute atomic E-state index is 12.4. The molecule has 5 heteroatoms. The van der Waals surface area contributed by atoms with Gasteiger partial charge >= 0.3 is 0 Å².